The maximum atomic E-state index is 12.6. The van der Waals surface area contributed by atoms with E-state index in [1.807, 2.05) is 18.2 Å². The molecule has 7 nitrogen and oxygen atoms in total. The van der Waals surface area contributed by atoms with Crippen LogP contribution < -0.4 is 11.2 Å². The van der Waals surface area contributed by atoms with E-state index in [0.717, 1.165) is 16.3 Å². The van der Waals surface area contributed by atoms with Gasteiger partial charge in [-0.05, 0) is 54.4 Å². The monoisotopic (exact) mass is 445 g/mol. The highest BCUT2D eigenvalue weighted by molar-refractivity contribution is 8.00. The number of nitrogens with two attached hydrogens (primary N) is 1. The summed E-state index contributed by atoms with van der Waals surface area (Å²) in [6.45, 7) is 3.28. The van der Waals surface area contributed by atoms with Crippen molar-refractivity contribution in [1.82, 2.24) is 14.9 Å². The van der Waals surface area contributed by atoms with Gasteiger partial charge in [0.2, 0.25) is 11.1 Å². The number of amides is 1. The molecule has 0 spiro atoms. The Kier molecular flexibility index (Phi) is 6.23. The third kappa shape index (κ3) is 4.65. The number of carbonyl (C=O) groups excluding carboxylic acids is 2. The second-order valence-corrected chi connectivity index (χ2v) is 8.77. The molecule has 1 aromatic heterocycles. The quantitative estimate of drug-likeness (QED) is 0.253. The number of Topliss-reactive ketones (excluding diaryl/α,β-unsaturated/α-hetero) is 1. The molecule has 8 heteroatoms. The van der Waals surface area contributed by atoms with E-state index in [4.69, 9.17) is 5.84 Å². The summed E-state index contributed by atoms with van der Waals surface area (Å²) in [7, 11) is 0. The van der Waals surface area contributed by atoms with Gasteiger partial charge in [0.05, 0.1) is 5.25 Å². The fourth-order valence-corrected chi connectivity index (χ4v) is 4.16. The van der Waals surface area contributed by atoms with Gasteiger partial charge in [0.1, 0.15) is 0 Å². The van der Waals surface area contributed by atoms with Gasteiger partial charge >= 0.3 is 0 Å². The minimum atomic E-state index is -0.445. The number of benzene rings is 3. The van der Waals surface area contributed by atoms with Crippen molar-refractivity contribution in [3.63, 3.8) is 0 Å². The molecule has 1 atom stereocenters. The van der Waals surface area contributed by atoms with Crippen LogP contribution in [-0.2, 0) is 11.2 Å². The standard InChI is InChI=1S/C24H23N5O2S/c1-15(30)17-10-12-20(13-11-17)26-23(31)16(2)32-24-28-27-22(29(24)25)14-19-8-5-7-18-6-3-4-9-21(18)19/h3-13,16H,14,25H2,1-2H3,(H,26,31)/t16-/m1/s1. The number of hydrogen-bond donors (Lipinski definition) is 2. The van der Waals surface area contributed by atoms with E-state index in [9.17, 15) is 9.59 Å². The topological polar surface area (TPSA) is 103 Å². The second kappa shape index (κ2) is 9.23. The minimum Gasteiger partial charge on any atom is -0.336 e. The number of nitrogens with one attached hydrogen (secondary N) is 1. The van der Waals surface area contributed by atoms with Crippen LogP contribution in [0.2, 0.25) is 0 Å². The van der Waals surface area contributed by atoms with Crippen molar-refractivity contribution in [2.75, 3.05) is 11.2 Å². The van der Waals surface area contributed by atoms with E-state index in [-0.39, 0.29) is 11.7 Å². The lowest BCUT2D eigenvalue weighted by atomic mass is 10.0. The lowest BCUT2D eigenvalue weighted by Gasteiger charge is -2.12. The summed E-state index contributed by atoms with van der Waals surface area (Å²) in [4.78, 5) is 24.0. The average molecular weight is 446 g/mol. The van der Waals surface area contributed by atoms with Crippen LogP contribution in [0.5, 0.6) is 0 Å². The number of aromatic nitrogens is 3. The van der Waals surface area contributed by atoms with Crippen molar-refractivity contribution in [2.24, 2.45) is 0 Å². The first-order valence-electron chi connectivity index (χ1n) is 10.2. The fraction of sp³-hybridized carbons (Fsp3) is 0.167. The van der Waals surface area contributed by atoms with Crippen LogP contribution in [0.4, 0.5) is 5.69 Å². The van der Waals surface area contributed by atoms with Crippen LogP contribution in [-0.4, -0.2) is 31.8 Å². The van der Waals surface area contributed by atoms with Crippen LogP contribution in [0.15, 0.2) is 71.9 Å². The van der Waals surface area contributed by atoms with E-state index in [1.54, 1.807) is 31.2 Å². The molecule has 0 aliphatic heterocycles. The molecule has 0 saturated carbocycles. The van der Waals surface area contributed by atoms with Gasteiger partial charge in [-0.15, -0.1) is 10.2 Å². The summed E-state index contributed by atoms with van der Waals surface area (Å²) in [5.74, 6) is 6.66. The molecule has 32 heavy (non-hydrogen) atoms. The van der Waals surface area contributed by atoms with Gasteiger partial charge < -0.3 is 11.2 Å². The van der Waals surface area contributed by atoms with E-state index < -0.39 is 5.25 Å². The number of thioether (sulfide) groups is 1. The summed E-state index contributed by atoms with van der Waals surface area (Å²) in [5, 5.41) is 13.6. The Bertz CT molecular complexity index is 1280. The molecule has 0 saturated heterocycles. The molecule has 1 heterocycles. The van der Waals surface area contributed by atoms with Crippen LogP contribution in [0, 0.1) is 0 Å². The highest BCUT2D eigenvalue weighted by Crippen LogP contribution is 2.25. The predicted molar refractivity (Wildman–Crippen MR) is 127 cm³/mol. The number of nitrogens with zero attached hydrogens (tertiary/aromatic N) is 3. The Morgan fingerprint density at radius 2 is 1.75 bits per heavy atom. The van der Waals surface area contributed by atoms with Gasteiger partial charge in [0, 0.05) is 17.7 Å². The molecule has 0 aliphatic carbocycles. The van der Waals surface area contributed by atoms with Crippen LogP contribution in [0.1, 0.15) is 35.6 Å². The van der Waals surface area contributed by atoms with Gasteiger partial charge in [-0.2, -0.15) is 0 Å². The highest BCUT2D eigenvalue weighted by Gasteiger charge is 2.20. The van der Waals surface area contributed by atoms with Gasteiger partial charge in [0.25, 0.3) is 0 Å². The third-order valence-corrected chi connectivity index (χ3v) is 6.23. The Labute approximate surface area is 190 Å². The van der Waals surface area contributed by atoms with Gasteiger partial charge in [-0.1, -0.05) is 54.2 Å². The zero-order valence-electron chi connectivity index (χ0n) is 17.8. The van der Waals surface area contributed by atoms with Crippen LogP contribution in [0.3, 0.4) is 0 Å². The smallest absolute Gasteiger partial charge is 0.237 e. The molecule has 0 unspecified atom stereocenters. The van der Waals surface area contributed by atoms with E-state index in [1.165, 1.54) is 23.4 Å². The fourth-order valence-electron chi connectivity index (χ4n) is 3.37. The summed E-state index contributed by atoms with van der Waals surface area (Å²) >= 11 is 1.24. The largest absolute Gasteiger partial charge is 0.336 e. The molecule has 4 rings (SSSR count). The molecule has 0 radical (unpaired) electrons. The zero-order valence-corrected chi connectivity index (χ0v) is 18.6. The van der Waals surface area contributed by atoms with E-state index >= 15 is 0 Å². The van der Waals surface area contributed by atoms with Crippen molar-refractivity contribution in [1.29, 1.82) is 0 Å². The Hall–Kier alpha value is -3.65. The number of anilines is 1. The Morgan fingerprint density at radius 1 is 1.03 bits per heavy atom. The number of carbonyl (C=O) groups is 2. The maximum Gasteiger partial charge on any atom is 0.237 e. The lowest BCUT2D eigenvalue weighted by Crippen LogP contribution is -2.24. The number of hydrogen-bond acceptors (Lipinski definition) is 6. The molecule has 3 aromatic carbocycles. The third-order valence-electron chi connectivity index (χ3n) is 5.17. The Morgan fingerprint density at radius 3 is 2.50 bits per heavy atom. The highest BCUT2D eigenvalue weighted by atomic mass is 32.2. The molecule has 0 bridgehead atoms. The van der Waals surface area contributed by atoms with Crippen molar-refractivity contribution < 1.29 is 9.59 Å². The van der Waals surface area contributed by atoms with Crippen molar-refractivity contribution in [3.05, 3.63) is 83.7 Å². The molecule has 0 fully saturated rings. The minimum absolute atomic E-state index is 0.0200. The first-order chi connectivity index (χ1) is 15.4. The molecule has 162 valence electrons. The Balaban J connectivity index is 1.43. The summed E-state index contributed by atoms with van der Waals surface area (Å²) in [5.41, 5.74) is 2.33. The van der Waals surface area contributed by atoms with Crippen molar-refractivity contribution in [2.45, 2.75) is 30.7 Å². The maximum absolute atomic E-state index is 12.6. The molecule has 3 N–H and O–H groups in total. The van der Waals surface area contributed by atoms with E-state index in [0.29, 0.717) is 28.7 Å². The number of ketones is 1. The van der Waals surface area contributed by atoms with Crippen molar-refractivity contribution in [3.8, 4) is 0 Å². The van der Waals surface area contributed by atoms with Gasteiger partial charge in [0.15, 0.2) is 11.6 Å². The van der Waals surface area contributed by atoms with Crippen molar-refractivity contribution >= 4 is 39.9 Å². The van der Waals surface area contributed by atoms with E-state index in [2.05, 4.69) is 39.8 Å². The molecular weight excluding hydrogens is 422 g/mol. The number of nitrogen functional groups attached to an aromatic ring is 1. The summed E-state index contributed by atoms with van der Waals surface area (Å²) in [6, 6.07) is 21.1. The second-order valence-electron chi connectivity index (χ2n) is 7.47. The van der Waals surface area contributed by atoms with Gasteiger partial charge in [-0.3, -0.25) is 9.59 Å². The summed E-state index contributed by atoms with van der Waals surface area (Å²) in [6.07, 6.45) is 0.536. The normalized spacial score (nSPS) is 11.9. The molecular formula is C24H23N5O2S. The first kappa shape index (κ1) is 21.6. The summed E-state index contributed by atoms with van der Waals surface area (Å²) < 4.78 is 1.44. The predicted octanol–water partition coefficient (Wildman–Crippen LogP) is 4.06. The number of fused-ring (bicyclic) bond motifs is 1. The first-order valence-corrected chi connectivity index (χ1v) is 11.0. The lowest BCUT2D eigenvalue weighted by molar-refractivity contribution is -0.115. The molecule has 1 amide bonds. The van der Waals surface area contributed by atoms with Gasteiger partial charge in [-0.25, -0.2) is 4.68 Å². The molecule has 0 aliphatic rings. The molecule has 4 aromatic rings. The van der Waals surface area contributed by atoms with Crippen LogP contribution >= 0.6 is 11.8 Å². The number of rotatable bonds is 7. The van der Waals surface area contributed by atoms with Crippen LogP contribution in [0.25, 0.3) is 10.8 Å². The SMILES string of the molecule is CC(=O)c1ccc(NC(=O)[C@@H](C)Sc2nnc(Cc3cccc4ccccc34)n2N)cc1. The zero-order chi connectivity index (χ0) is 22.7. The average Bonchev–Trinajstić information content (AvgIpc) is 3.13.